The fraction of sp³-hybridized carbons (Fsp3) is 0.400. The zero-order valence-electron chi connectivity index (χ0n) is 12.0. The second-order valence-corrected chi connectivity index (χ2v) is 4.64. The molecule has 0 saturated heterocycles. The van der Waals surface area contributed by atoms with E-state index in [0.29, 0.717) is 0 Å². The van der Waals surface area contributed by atoms with Crippen LogP contribution in [0.3, 0.4) is 0 Å². The molecule has 4 heteroatoms. The minimum Gasteiger partial charge on any atom is -0.496 e. The zero-order chi connectivity index (χ0) is 13.8. The van der Waals surface area contributed by atoms with E-state index in [-0.39, 0.29) is 0 Å². The largest absolute Gasteiger partial charge is 0.496 e. The Labute approximate surface area is 114 Å². The molecule has 0 aliphatic rings. The summed E-state index contributed by atoms with van der Waals surface area (Å²) in [4.78, 5) is 0. The normalized spacial score (nSPS) is 10.5. The third-order valence-corrected chi connectivity index (χ3v) is 3.26. The highest BCUT2D eigenvalue weighted by molar-refractivity contribution is 5.50. The maximum absolute atomic E-state index is 5.26. The van der Waals surface area contributed by atoms with Crippen LogP contribution in [0.5, 0.6) is 5.75 Å². The van der Waals surface area contributed by atoms with E-state index in [1.807, 2.05) is 30.8 Å². The Morgan fingerprint density at radius 2 is 2.11 bits per heavy atom. The van der Waals surface area contributed by atoms with E-state index in [9.17, 15) is 0 Å². The molecule has 0 spiro atoms. The average molecular weight is 259 g/mol. The van der Waals surface area contributed by atoms with Gasteiger partial charge in [-0.2, -0.15) is 5.10 Å². The van der Waals surface area contributed by atoms with E-state index in [4.69, 9.17) is 4.74 Å². The van der Waals surface area contributed by atoms with Crippen molar-refractivity contribution in [1.82, 2.24) is 9.78 Å². The Hall–Kier alpha value is -1.97. The van der Waals surface area contributed by atoms with Gasteiger partial charge in [0.15, 0.2) is 0 Å². The van der Waals surface area contributed by atoms with Gasteiger partial charge >= 0.3 is 0 Å². The van der Waals surface area contributed by atoms with Crippen LogP contribution >= 0.6 is 0 Å². The van der Waals surface area contributed by atoms with Gasteiger partial charge in [0.2, 0.25) is 0 Å². The number of anilines is 1. The molecule has 1 aromatic carbocycles. The van der Waals surface area contributed by atoms with Crippen molar-refractivity contribution in [2.24, 2.45) is 7.05 Å². The quantitative estimate of drug-likeness (QED) is 0.897. The molecule has 0 aliphatic heterocycles. The van der Waals surface area contributed by atoms with Crippen molar-refractivity contribution < 1.29 is 4.74 Å². The summed E-state index contributed by atoms with van der Waals surface area (Å²) < 4.78 is 7.19. The van der Waals surface area contributed by atoms with Gasteiger partial charge in [-0.25, -0.2) is 0 Å². The minimum atomic E-state index is 0.773. The van der Waals surface area contributed by atoms with Crippen LogP contribution in [0.1, 0.15) is 23.9 Å². The van der Waals surface area contributed by atoms with Gasteiger partial charge in [-0.05, 0) is 43.2 Å². The summed E-state index contributed by atoms with van der Waals surface area (Å²) >= 11 is 0. The number of hydrogen-bond donors (Lipinski definition) is 1. The third-order valence-electron chi connectivity index (χ3n) is 3.26. The van der Waals surface area contributed by atoms with E-state index in [1.165, 1.54) is 5.69 Å². The summed E-state index contributed by atoms with van der Waals surface area (Å²) in [6.07, 6.45) is 0.968. The van der Waals surface area contributed by atoms with Crippen molar-refractivity contribution in [3.8, 4) is 5.75 Å². The smallest absolute Gasteiger partial charge is 0.121 e. The number of aryl methyl sites for hydroxylation is 3. The predicted octanol–water partition coefficient (Wildman–Crippen LogP) is 2.91. The second-order valence-electron chi connectivity index (χ2n) is 4.64. The van der Waals surface area contributed by atoms with E-state index < -0.39 is 0 Å². The van der Waals surface area contributed by atoms with Crippen LogP contribution in [0.2, 0.25) is 0 Å². The van der Waals surface area contributed by atoms with Crippen LogP contribution in [0.25, 0.3) is 0 Å². The lowest BCUT2D eigenvalue weighted by atomic mass is 10.2. The SMILES string of the molecule is CCc1cc(CNc2ccc(OC)c(C)c2)n(C)n1. The van der Waals surface area contributed by atoms with Crippen molar-refractivity contribution in [2.75, 3.05) is 12.4 Å². The molecule has 19 heavy (non-hydrogen) atoms. The molecule has 0 atom stereocenters. The zero-order valence-corrected chi connectivity index (χ0v) is 12.0. The Bertz CT molecular complexity index is 561. The third kappa shape index (κ3) is 3.08. The van der Waals surface area contributed by atoms with Crippen molar-refractivity contribution in [3.63, 3.8) is 0 Å². The molecule has 0 saturated carbocycles. The molecule has 102 valence electrons. The summed E-state index contributed by atoms with van der Waals surface area (Å²) in [5, 5.41) is 7.86. The van der Waals surface area contributed by atoms with Gasteiger partial charge < -0.3 is 10.1 Å². The van der Waals surface area contributed by atoms with Crippen molar-refractivity contribution in [2.45, 2.75) is 26.8 Å². The number of nitrogens with one attached hydrogen (secondary N) is 1. The molecule has 0 bridgehead atoms. The molecule has 2 rings (SSSR count). The monoisotopic (exact) mass is 259 g/mol. The van der Waals surface area contributed by atoms with Gasteiger partial charge in [-0.3, -0.25) is 4.68 Å². The first-order valence-corrected chi connectivity index (χ1v) is 6.54. The van der Waals surface area contributed by atoms with E-state index in [1.54, 1.807) is 7.11 Å². The predicted molar refractivity (Wildman–Crippen MR) is 77.6 cm³/mol. The molecule has 0 radical (unpaired) electrons. The molecule has 1 N–H and O–H groups in total. The molecule has 4 nitrogen and oxygen atoms in total. The summed E-state index contributed by atoms with van der Waals surface area (Å²) in [6, 6.07) is 8.25. The molecule has 1 heterocycles. The fourth-order valence-corrected chi connectivity index (χ4v) is 2.09. The standard InChI is InChI=1S/C15H21N3O/c1-5-12-9-14(18(3)17-12)10-16-13-6-7-15(19-4)11(2)8-13/h6-9,16H,5,10H2,1-4H3. The lowest BCUT2D eigenvalue weighted by molar-refractivity contribution is 0.412. The number of hydrogen-bond acceptors (Lipinski definition) is 3. The first-order valence-electron chi connectivity index (χ1n) is 6.54. The number of rotatable bonds is 5. The molecule has 1 aromatic heterocycles. The second kappa shape index (κ2) is 5.78. The highest BCUT2D eigenvalue weighted by Gasteiger charge is 2.04. The Morgan fingerprint density at radius 1 is 1.32 bits per heavy atom. The highest BCUT2D eigenvalue weighted by Crippen LogP contribution is 2.21. The first kappa shape index (κ1) is 13.5. The van der Waals surface area contributed by atoms with Gasteiger partial charge in [0, 0.05) is 12.7 Å². The first-order chi connectivity index (χ1) is 9.13. The van der Waals surface area contributed by atoms with Crippen LogP contribution in [0, 0.1) is 6.92 Å². The van der Waals surface area contributed by atoms with Crippen LogP contribution in [-0.2, 0) is 20.0 Å². The summed E-state index contributed by atoms with van der Waals surface area (Å²) in [7, 11) is 3.67. The summed E-state index contributed by atoms with van der Waals surface area (Å²) in [6.45, 7) is 4.94. The summed E-state index contributed by atoms with van der Waals surface area (Å²) in [5.41, 5.74) is 4.54. The number of nitrogens with zero attached hydrogens (tertiary/aromatic N) is 2. The van der Waals surface area contributed by atoms with Crippen LogP contribution < -0.4 is 10.1 Å². The molecule has 0 aliphatic carbocycles. The fourth-order valence-electron chi connectivity index (χ4n) is 2.09. The van der Waals surface area contributed by atoms with Gasteiger partial charge in [0.05, 0.1) is 25.0 Å². The average Bonchev–Trinajstić information content (AvgIpc) is 2.77. The van der Waals surface area contributed by atoms with Gasteiger partial charge in [-0.15, -0.1) is 0 Å². The number of benzene rings is 1. The molecule has 2 aromatic rings. The number of ether oxygens (including phenoxy) is 1. The molecule has 0 fully saturated rings. The van der Waals surface area contributed by atoms with E-state index in [2.05, 4.69) is 29.5 Å². The lowest BCUT2D eigenvalue weighted by Crippen LogP contribution is -2.05. The molecule has 0 unspecified atom stereocenters. The number of methoxy groups -OCH3 is 1. The Morgan fingerprint density at radius 3 is 2.68 bits per heavy atom. The maximum atomic E-state index is 5.26. The molecular formula is C15H21N3O. The molecular weight excluding hydrogens is 238 g/mol. The van der Waals surface area contributed by atoms with Crippen LogP contribution in [0.4, 0.5) is 5.69 Å². The van der Waals surface area contributed by atoms with E-state index in [0.717, 1.165) is 35.7 Å². The summed E-state index contributed by atoms with van der Waals surface area (Å²) in [5.74, 6) is 0.916. The Kier molecular flexibility index (Phi) is 4.10. The number of aromatic nitrogens is 2. The van der Waals surface area contributed by atoms with Gasteiger partial charge in [0.1, 0.15) is 5.75 Å². The van der Waals surface area contributed by atoms with Crippen LogP contribution in [-0.4, -0.2) is 16.9 Å². The molecule has 0 amide bonds. The maximum Gasteiger partial charge on any atom is 0.121 e. The van der Waals surface area contributed by atoms with E-state index >= 15 is 0 Å². The van der Waals surface area contributed by atoms with Crippen molar-refractivity contribution in [1.29, 1.82) is 0 Å². The Balaban J connectivity index is 2.05. The topological polar surface area (TPSA) is 39.1 Å². The lowest BCUT2D eigenvalue weighted by Gasteiger charge is -2.10. The van der Waals surface area contributed by atoms with Crippen LogP contribution in [0.15, 0.2) is 24.3 Å². The van der Waals surface area contributed by atoms with Crippen molar-refractivity contribution in [3.05, 3.63) is 41.2 Å². The van der Waals surface area contributed by atoms with Gasteiger partial charge in [0.25, 0.3) is 0 Å². The van der Waals surface area contributed by atoms with Gasteiger partial charge in [-0.1, -0.05) is 6.92 Å². The highest BCUT2D eigenvalue weighted by atomic mass is 16.5. The minimum absolute atomic E-state index is 0.773. The van der Waals surface area contributed by atoms with Crippen molar-refractivity contribution >= 4 is 5.69 Å².